The lowest BCUT2D eigenvalue weighted by molar-refractivity contribution is 0.101. The number of rotatable bonds is 7. The van der Waals surface area contributed by atoms with Crippen LogP contribution in [0, 0.1) is 0 Å². The third-order valence-corrected chi connectivity index (χ3v) is 5.78. The number of carbonyl (C=O) groups is 1. The molecule has 33 heavy (non-hydrogen) atoms. The lowest BCUT2D eigenvalue weighted by Gasteiger charge is -2.07. The summed E-state index contributed by atoms with van der Waals surface area (Å²) < 4.78 is 2.84. The Balaban J connectivity index is 1.39. The average Bonchev–Trinajstić information content (AvgIpc) is 3.55. The van der Waals surface area contributed by atoms with Crippen LogP contribution in [-0.4, -0.2) is 41.4 Å². The van der Waals surface area contributed by atoms with Gasteiger partial charge in [-0.3, -0.25) is 18.7 Å². The van der Waals surface area contributed by atoms with Crippen molar-refractivity contribution in [3.05, 3.63) is 68.2 Å². The molecular formula is C22H20ClN7O3. The summed E-state index contributed by atoms with van der Waals surface area (Å²) in [5, 5.41) is 3.30. The molecule has 0 radical (unpaired) electrons. The number of carbonyl (C=O) groups excluding carboxylic acids is 1. The molecule has 168 valence electrons. The highest BCUT2D eigenvalue weighted by Crippen LogP contribution is 2.32. The van der Waals surface area contributed by atoms with Crippen LogP contribution in [0.2, 0.25) is 5.15 Å². The number of nitrogens with zero attached hydrogens (tertiary/aromatic N) is 5. The first-order chi connectivity index (χ1) is 16.0. The summed E-state index contributed by atoms with van der Waals surface area (Å²) in [6.07, 6.45) is 4.68. The Hall–Kier alpha value is -3.79. The van der Waals surface area contributed by atoms with E-state index >= 15 is 0 Å². The topological polar surface area (TPSA) is 128 Å². The second-order valence-electron chi connectivity index (χ2n) is 7.80. The molecule has 1 fully saturated rings. The third-order valence-electron chi connectivity index (χ3n) is 5.55. The smallest absolute Gasteiger partial charge is 0.332 e. The lowest BCUT2D eigenvalue weighted by Crippen LogP contribution is -2.39. The minimum Gasteiger partial charge on any atom is -0.363 e. The Labute approximate surface area is 192 Å². The number of nitrogens with one attached hydrogen (secondary N) is 2. The number of H-pyrrole nitrogens is 1. The normalized spacial score (nSPS) is 13.4. The Morgan fingerprint density at radius 2 is 2.00 bits per heavy atom. The number of hydrogen-bond acceptors (Lipinski definition) is 7. The van der Waals surface area contributed by atoms with Gasteiger partial charge < -0.3 is 10.3 Å². The largest absolute Gasteiger partial charge is 0.363 e. The molecule has 0 unspecified atom stereocenters. The first-order valence-corrected chi connectivity index (χ1v) is 10.9. The van der Waals surface area contributed by atoms with E-state index in [0.717, 1.165) is 12.8 Å². The van der Waals surface area contributed by atoms with Gasteiger partial charge in [-0.15, -0.1) is 0 Å². The Bertz CT molecular complexity index is 1470. The molecule has 0 aromatic carbocycles. The van der Waals surface area contributed by atoms with Crippen molar-refractivity contribution >= 4 is 34.4 Å². The fourth-order valence-corrected chi connectivity index (χ4v) is 3.78. The number of hydrogen-bond donors (Lipinski definition) is 2. The molecule has 0 aliphatic heterocycles. The van der Waals surface area contributed by atoms with Crippen LogP contribution >= 0.6 is 11.6 Å². The second-order valence-corrected chi connectivity index (χ2v) is 8.18. The van der Waals surface area contributed by atoms with Gasteiger partial charge in [-0.2, -0.15) is 0 Å². The zero-order valence-electron chi connectivity index (χ0n) is 17.7. The van der Waals surface area contributed by atoms with E-state index in [1.807, 2.05) is 6.92 Å². The zero-order chi connectivity index (χ0) is 23.1. The van der Waals surface area contributed by atoms with Crippen LogP contribution in [0.25, 0.3) is 22.6 Å². The first-order valence-electron chi connectivity index (χ1n) is 10.6. The molecular weight excluding hydrogens is 446 g/mol. The highest BCUT2D eigenvalue weighted by Gasteiger charge is 2.29. The molecule has 4 heterocycles. The minimum absolute atomic E-state index is 0.0302. The molecule has 2 N–H and O–H groups in total. The molecule has 1 aliphatic carbocycles. The number of aromatic amines is 1. The molecule has 5 rings (SSSR count). The summed E-state index contributed by atoms with van der Waals surface area (Å²) in [7, 11) is 0. The predicted molar refractivity (Wildman–Crippen MR) is 124 cm³/mol. The lowest BCUT2D eigenvalue weighted by atomic mass is 10.2. The predicted octanol–water partition coefficient (Wildman–Crippen LogP) is 2.65. The number of aryl methyl sites for hydroxylation is 1. The van der Waals surface area contributed by atoms with Crippen LogP contribution in [0.5, 0.6) is 0 Å². The molecule has 0 bridgehead atoms. The van der Waals surface area contributed by atoms with Gasteiger partial charge in [-0.1, -0.05) is 11.6 Å². The number of ketones is 1. The van der Waals surface area contributed by atoms with Gasteiger partial charge in [0.1, 0.15) is 22.3 Å². The van der Waals surface area contributed by atoms with Crippen molar-refractivity contribution in [1.82, 2.24) is 29.1 Å². The average molecular weight is 466 g/mol. The van der Waals surface area contributed by atoms with Crippen LogP contribution in [0.15, 0.2) is 46.2 Å². The van der Waals surface area contributed by atoms with E-state index in [2.05, 4.69) is 25.3 Å². The van der Waals surface area contributed by atoms with E-state index in [-0.39, 0.29) is 29.6 Å². The maximum absolute atomic E-state index is 12.9. The fraction of sp³-hybridized carbons (Fsp3) is 0.273. The molecule has 11 heteroatoms. The molecule has 0 atom stereocenters. The van der Waals surface area contributed by atoms with E-state index in [4.69, 9.17) is 11.6 Å². The van der Waals surface area contributed by atoms with Crippen LogP contribution in [0.3, 0.4) is 0 Å². The number of Topliss-reactive ketones (excluding diaryl/α,β-unsaturated/α-hetero) is 1. The van der Waals surface area contributed by atoms with Crippen molar-refractivity contribution in [2.75, 3.05) is 11.9 Å². The van der Waals surface area contributed by atoms with E-state index in [0.29, 0.717) is 45.6 Å². The van der Waals surface area contributed by atoms with Gasteiger partial charge >= 0.3 is 5.69 Å². The molecule has 4 aromatic heterocycles. The number of halogens is 1. The summed E-state index contributed by atoms with van der Waals surface area (Å²) in [5.41, 5.74) is 1.07. The fourth-order valence-electron chi connectivity index (χ4n) is 3.67. The van der Waals surface area contributed by atoms with E-state index in [9.17, 15) is 14.4 Å². The summed E-state index contributed by atoms with van der Waals surface area (Å²) in [6, 6.07) is 6.63. The SMILES string of the molecule is CCn1c(=O)n(C2CC2)c(=O)c2[nH]c(-c3ccc(NCC(=O)c4ccc(Cl)nc4)nc3)nc21. The summed E-state index contributed by atoms with van der Waals surface area (Å²) in [4.78, 5) is 53.7. The second kappa shape index (κ2) is 8.28. The molecule has 0 amide bonds. The molecule has 4 aromatic rings. The number of imidazole rings is 1. The van der Waals surface area contributed by atoms with Crippen molar-refractivity contribution in [3.8, 4) is 11.4 Å². The van der Waals surface area contributed by atoms with Crippen molar-refractivity contribution in [2.24, 2.45) is 0 Å². The molecule has 1 aliphatic rings. The Kier molecular flexibility index (Phi) is 5.29. The van der Waals surface area contributed by atoms with Crippen LogP contribution in [-0.2, 0) is 6.54 Å². The minimum atomic E-state index is -0.345. The molecule has 0 saturated heterocycles. The maximum atomic E-state index is 12.9. The van der Waals surface area contributed by atoms with Crippen molar-refractivity contribution in [1.29, 1.82) is 0 Å². The van der Waals surface area contributed by atoms with Crippen LogP contribution < -0.4 is 16.6 Å². The van der Waals surface area contributed by atoms with E-state index in [1.54, 1.807) is 30.5 Å². The number of anilines is 1. The summed E-state index contributed by atoms with van der Waals surface area (Å²) >= 11 is 5.75. The van der Waals surface area contributed by atoms with Gasteiger partial charge in [0, 0.05) is 36.1 Å². The third kappa shape index (κ3) is 3.93. The number of fused-ring (bicyclic) bond motifs is 1. The highest BCUT2D eigenvalue weighted by molar-refractivity contribution is 6.29. The van der Waals surface area contributed by atoms with Gasteiger partial charge in [0.2, 0.25) is 0 Å². The van der Waals surface area contributed by atoms with E-state index in [1.165, 1.54) is 15.3 Å². The van der Waals surface area contributed by atoms with Crippen LogP contribution in [0.1, 0.15) is 36.2 Å². The summed E-state index contributed by atoms with van der Waals surface area (Å²) in [5.74, 6) is 0.804. The Morgan fingerprint density at radius 3 is 2.64 bits per heavy atom. The first kappa shape index (κ1) is 21.1. The number of aromatic nitrogens is 6. The molecule has 0 spiro atoms. The van der Waals surface area contributed by atoms with Crippen LogP contribution in [0.4, 0.5) is 5.82 Å². The highest BCUT2D eigenvalue weighted by atomic mass is 35.5. The van der Waals surface area contributed by atoms with Gasteiger partial charge in [-0.25, -0.2) is 19.7 Å². The monoisotopic (exact) mass is 465 g/mol. The Morgan fingerprint density at radius 1 is 1.18 bits per heavy atom. The van der Waals surface area contributed by atoms with Crippen molar-refractivity contribution in [2.45, 2.75) is 32.4 Å². The van der Waals surface area contributed by atoms with Crippen molar-refractivity contribution in [3.63, 3.8) is 0 Å². The maximum Gasteiger partial charge on any atom is 0.332 e. The zero-order valence-corrected chi connectivity index (χ0v) is 18.5. The molecule has 1 saturated carbocycles. The quantitative estimate of drug-likeness (QED) is 0.317. The standard InChI is InChI=1S/C22H20ClN7O3/c1-2-29-20-18(21(32)30(22(29)33)14-5-6-14)27-19(28-20)13-4-8-17(25-10-13)26-11-15(31)12-3-7-16(23)24-9-12/h3-4,7-10,14H,2,5-6,11H2,1H3,(H,25,26)(H,27,28). The van der Waals surface area contributed by atoms with Gasteiger partial charge in [0.05, 0.1) is 6.54 Å². The molecule has 10 nitrogen and oxygen atoms in total. The van der Waals surface area contributed by atoms with Gasteiger partial charge in [-0.05, 0) is 44.0 Å². The van der Waals surface area contributed by atoms with Gasteiger partial charge in [0.25, 0.3) is 5.56 Å². The summed E-state index contributed by atoms with van der Waals surface area (Å²) in [6.45, 7) is 2.30. The van der Waals surface area contributed by atoms with Crippen molar-refractivity contribution < 1.29 is 4.79 Å². The van der Waals surface area contributed by atoms with E-state index < -0.39 is 0 Å². The number of pyridine rings is 2. The van der Waals surface area contributed by atoms with Gasteiger partial charge in [0.15, 0.2) is 11.4 Å².